The fourth-order valence-corrected chi connectivity index (χ4v) is 2.92. The van der Waals surface area contributed by atoms with Gasteiger partial charge in [-0.15, -0.1) is 12.4 Å². The maximum absolute atomic E-state index is 12.9. The van der Waals surface area contributed by atoms with Gasteiger partial charge in [0, 0.05) is 32.2 Å². The topological polar surface area (TPSA) is 77.8 Å². The molecule has 0 saturated carbocycles. The molecule has 31 heavy (non-hydrogen) atoms. The number of aromatic nitrogens is 3. The van der Waals surface area contributed by atoms with Crippen molar-refractivity contribution < 1.29 is 23.0 Å². The van der Waals surface area contributed by atoms with E-state index in [9.17, 15) is 13.6 Å². The number of hydrogen-bond donors (Lipinski definition) is 1. The molecule has 0 bridgehead atoms. The van der Waals surface area contributed by atoms with E-state index in [0.717, 1.165) is 18.5 Å². The average molecular weight is 455 g/mol. The molecule has 0 aliphatic heterocycles. The molecule has 3 aromatic heterocycles. The first-order valence-corrected chi connectivity index (χ1v) is 9.61. The quantitative estimate of drug-likeness (QED) is 0.474. The monoisotopic (exact) mass is 454 g/mol. The highest BCUT2D eigenvalue weighted by molar-refractivity contribution is 6.03. The number of methoxy groups -OCH3 is 1. The van der Waals surface area contributed by atoms with Crippen LogP contribution in [0.1, 0.15) is 48.6 Å². The smallest absolute Gasteiger partial charge is 0.280 e. The van der Waals surface area contributed by atoms with Crippen LogP contribution in [0.15, 0.2) is 36.7 Å². The zero-order valence-electron chi connectivity index (χ0n) is 17.5. The number of fused-ring (bicyclic) bond motifs is 1. The lowest BCUT2D eigenvalue weighted by Crippen LogP contribution is -2.17. The van der Waals surface area contributed by atoms with Crippen LogP contribution in [0.4, 0.5) is 14.5 Å². The molecule has 10 heteroatoms. The lowest BCUT2D eigenvalue weighted by Gasteiger charge is -2.15. The largest absolute Gasteiger partial charge is 0.489 e. The minimum absolute atomic E-state index is 0. The molecular formula is C21H25ClF2N4O3. The van der Waals surface area contributed by atoms with Crippen LogP contribution >= 0.6 is 12.4 Å². The Morgan fingerprint density at radius 3 is 2.68 bits per heavy atom. The van der Waals surface area contributed by atoms with E-state index in [1.807, 2.05) is 20.0 Å². The Hall–Kier alpha value is -2.78. The minimum atomic E-state index is -2.75. The van der Waals surface area contributed by atoms with Gasteiger partial charge in [-0.3, -0.25) is 4.79 Å². The molecule has 3 heterocycles. The van der Waals surface area contributed by atoms with Crippen LogP contribution in [-0.2, 0) is 11.2 Å². The third kappa shape index (κ3) is 6.35. The first-order chi connectivity index (χ1) is 14.4. The number of aryl methyl sites for hydroxylation is 1. The number of anilines is 1. The van der Waals surface area contributed by atoms with Crippen molar-refractivity contribution in [2.75, 3.05) is 19.0 Å². The van der Waals surface area contributed by atoms with Gasteiger partial charge in [0.2, 0.25) is 0 Å². The molecule has 1 N–H and O–H groups in total. The van der Waals surface area contributed by atoms with Crippen LogP contribution in [0.2, 0.25) is 0 Å². The fourth-order valence-electron chi connectivity index (χ4n) is 2.92. The van der Waals surface area contributed by atoms with Crippen LogP contribution in [-0.4, -0.2) is 40.1 Å². The predicted molar refractivity (Wildman–Crippen MR) is 116 cm³/mol. The van der Waals surface area contributed by atoms with E-state index >= 15 is 0 Å². The number of pyridine rings is 2. The summed E-state index contributed by atoms with van der Waals surface area (Å²) < 4.78 is 38.5. The van der Waals surface area contributed by atoms with Crippen molar-refractivity contribution in [1.29, 1.82) is 0 Å². The summed E-state index contributed by atoms with van der Waals surface area (Å²) in [5, 5.41) is 2.71. The highest BCUT2D eigenvalue weighted by Gasteiger charge is 2.17. The van der Waals surface area contributed by atoms with Crippen molar-refractivity contribution in [2.24, 2.45) is 0 Å². The van der Waals surface area contributed by atoms with E-state index in [1.54, 1.807) is 23.8 Å². The normalized spacial score (nSPS) is 11.1. The second-order valence-electron chi connectivity index (χ2n) is 7.01. The summed E-state index contributed by atoms with van der Waals surface area (Å²) in [4.78, 5) is 20.9. The lowest BCUT2D eigenvalue weighted by atomic mass is 10.2. The number of carbonyl (C=O) groups is 1. The Labute approximate surface area is 185 Å². The zero-order chi connectivity index (χ0) is 21.7. The molecule has 3 aromatic rings. The Bertz CT molecular complexity index is 1030. The molecule has 0 atom stereocenters. The predicted octanol–water partition coefficient (Wildman–Crippen LogP) is 4.71. The first-order valence-electron chi connectivity index (χ1n) is 9.61. The van der Waals surface area contributed by atoms with Gasteiger partial charge >= 0.3 is 0 Å². The number of halogens is 3. The van der Waals surface area contributed by atoms with E-state index in [-0.39, 0.29) is 24.2 Å². The van der Waals surface area contributed by atoms with E-state index in [2.05, 4.69) is 15.3 Å². The lowest BCUT2D eigenvalue weighted by molar-refractivity contribution is 0.101. The summed E-state index contributed by atoms with van der Waals surface area (Å²) in [7, 11) is 1.65. The van der Waals surface area contributed by atoms with Crippen molar-refractivity contribution in [1.82, 2.24) is 14.4 Å². The van der Waals surface area contributed by atoms with Gasteiger partial charge in [-0.05, 0) is 38.8 Å². The molecule has 168 valence electrons. The van der Waals surface area contributed by atoms with Gasteiger partial charge in [0.1, 0.15) is 28.5 Å². The number of hydrogen-bond acceptors (Lipinski definition) is 5. The molecule has 0 spiro atoms. The minimum Gasteiger partial charge on any atom is -0.489 e. The van der Waals surface area contributed by atoms with E-state index < -0.39 is 18.0 Å². The number of ether oxygens (including phenoxy) is 2. The van der Waals surface area contributed by atoms with Gasteiger partial charge < -0.3 is 19.2 Å². The maximum Gasteiger partial charge on any atom is 0.280 e. The molecule has 0 unspecified atom stereocenters. The molecule has 1 amide bonds. The fraction of sp³-hybridized carbons (Fsp3) is 0.381. The molecule has 0 aliphatic rings. The van der Waals surface area contributed by atoms with E-state index in [1.165, 1.54) is 18.2 Å². The number of nitrogens with zero attached hydrogens (tertiary/aromatic N) is 3. The summed E-state index contributed by atoms with van der Waals surface area (Å²) in [6.45, 7) is 4.37. The zero-order valence-corrected chi connectivity index (χ0v) is 18.3. The molecule has 0 aromatic carbocycles. The second-order valence-corrected chi connectivity index (χ2v) is 7.01. The second kappa shape index (κ2) is 11.0. The molecule has 3 rings (SSSR count). The van der Waals surface area contributed by atoms with Gasteiger partial charge in [-0.25, -0.2) is 18.7 Å². The molecule has 7 nitrogen and oxygen atoms in total. The van der Waals surface area contributed by atoms with Crippen LogP contribution in [0.3, 0.4) is 0 Å². The van der Waals surface area contributed by atoms with E-state index in [4.69, 9.17) is 9.47 Å². The van der Waals surface area contributed by atoms with Crippen molar-refractivity contribution >= 4 is 29.6 Å². The van der Waals surface area contributed by atoms with Gasteiger partial charge in [0.15, 0.2) is 0 Å². The molecule has 0 fully saturated rings. The van der Waals surface area contributed by atoms with Crippen molar-refractivity contribution in [3.63, 3.8) is 0 Å². The Morgan fingerprint density at radius 2 is 2.00 bits per heavy atom. The third-order valence-corrected chi connectivity index (χ3v) is 4.22. The van der Waals surface area contributed by atoms with Crippen LogP contribution in [0.25, 0.3) is 5.65 Å². The molecule has 0 saturated heterocycles. The number of imidazole rings is 1. The molecule has 0 radical (unpaired) electrons. The number of alkyl halides is 2. The van der Waals surface area contributed by atoms with Crippen molar-refractivity contribution in [3.8, 4) is 5.75 Å². The summed E-state index contributed by atoms with van der Waals surface area (Å²) in [6.07, 6.45) is 2.26. The maximum atomic E-state index is 12.9. The first kappa shape index (κ1) is 24.5. The average Bonchev–Trinajstić information content (AvgIpc) is 3.09. The molecular weight excluding hydrogens is 430 g/mol. The highest BCUT2D eigenvalue weighted by Crippen LogP contribution is 2.28. The number of nitrogens with one attached hydrogen (secondary N) is 1. The summed E-state index contributed by atoms with van der Waals surface area (Å²) in [6, 6.07) is 5.67. The Balaban J connectivity index is 0.00000341. The summed E-state index contributed by atoms with van der Waals surface area (Å²) in [5.74, 6) is -0.171. The van der Waals surface area contributed by atoms with Gasteiger partial charge in [0.05, 0.1) is 11.8 Å². The summed E-state index contributed by atoms with van der Waals surface area (Å²) >= 11 is 0. The van der Waals surface area contributed by atoms with Crippen molar-refractivity contribution in [2.45, 2.75) is 39.2 Å². The third-order valence-electron chi connectivity index (χ3n) is 4.22. The number of carbonyl (C=O) groups excluding carboxylic acids is 1. The Kier molecular flexibility index (Phi) is 8.70. The van der Waals surface area contributed by atoms with Crippen molar-refractivity contribution in [3.05, 3.63) is 53.7 Å². The summed E-state index contributed by atoms with van der Waals surface area (Å²) in [5.41, 5.74) is 1.40. The number of amides is 1. The van der Waals surface area contributed by atoms with E-state index in [0.29, 0.717) is 23.7 Å². The SMILES string of the molecule is COCCCc1cn2cc(NC(=O)c3cccc(C(F)F)n3)c(OC(C)C)cc2n1.Cl. The standard InChI is InChI=1S/C21H24F2N4O3.ClH/c1-13(2)30-18-10-19-24-14(6-5-9-29-3)11-27(19)12-17(18)26-21(28)16-8-4-7-15(25-16)20(22)23;/h4,7-8,10-13,20H,5-6,9H2,1-3H3,(H,26,28);1H. The number of rotatable bonds is 9. The van der Waals surface area contributed by atoms with Gasteiger partial charge in [0.25, 0.3) is 12.3 Å². The Morgan fingerprint density at radius 1 is 1.23 bits per heavy atom. The highest BCUT2D eigenvalue weighted by atomic mass is 35.5. The van der Waals surface area contributed by atoms with Crippen LogP contribution < -0.4 is 10.1 Å². The molecule has 0 aliphatic carbocycles. The van der Waals surface area contributed by atoms with Gasteiger partial charge in [-0.2, -0.15) is 0 Å². The van der Waals surface area contributed by atoms with Crippen LogP contribution in [0, 0.1) is 0 Å². The van der Waals surface area contributed by atoms with Gasteiger partial charge in [-0.1, -0.05) is 6.07 Å². The van der Waals surface area contributed by atoms with Crippen LogP contribution in [0.5, 0.6) is 5.75 Å².